The number of nitrogens with zero attached hydrogens (tertiary/aromatic N) is 2. The topological polar surface area (TPSA) is 23.0 Å². The van der Waals surface area contributed by atoms with Crippen LogP contribution in [0.1, 0.15) is 16.9 Å². The molecule has 0 aliphatic carbocycles. The summed E-state index contributed by atoms with van der Waals surface area (Å²) in [5.74, 6) is 0.853. The maximum absolute atomic E-state index is 6.30. The Hall–Kier alpha value is -6.58. The Bertz CT molecular complexity index is 3000. The highest BCUT2D eigenvalue weighted by Gasteiger charge is 2.22. The van der Waals surface area contributed by atoms with E-state index in [0.29, 0.717) is 0 Å². The summed E-state index contributed by atoms with van der Waals surface area (Å²) in [6.45, 7) is 6.34. The zero-order valence-corrected chi connectivity index (χ0v) is 27.6. The molecule has 7 aromatic carbocycles. The zero-order chi connectivity index (χ0) is 33.3. The lowest BCUT2D eigenvalue weighted by molar-refractivity contribution is 0.601. The van der Waals surface area contributed by atoms with Crippen LogP contribution in [0.4, 0.5) is 0 Å². The van der Waals surface area contributed by atoms with Crippen LogP contribution in [-0.4, -0.2) is 9.13 Å². The molecule has 0 fully saturated rings. The van der Waals surface area contributed by atoms with E-state index in [2.05, 4.69) is 168 Å². The van der Waals surface area contributed by atoms with Gasteiger partial charge in [-0.05, 0) is 72.0 Å². The van der Waals surface area contributed by atoms with E-state index in [1.807, 2.05) is 18.2 Å². The van der Waals surface area contributed by atoms with Gasteiger partial charge in [0, 0.05) is 49.3 Å². The van der Waals surface area contributed by atoms with Gasteiger partial charge < -0.3 is 13.6 Å². The molecular formula is C47H32N2O. The molecule has 0 atom stereocenters. The van der Waals surface area contributed by atoms with Crippen molar-refractivity contribution in [1.82, 2.24) is 9.13 Å². The van der Waals surface area contributed by atoms with Crippen LogP contribution in [0.2, 0.25) is 0 Å². The van der Waals surface area contributed by atoms with E-state index in [4.69, 9.17) is 4.42 Å². The molecule has 236 valence electrons. The van der Waals surface area contributed by atoms with Gasteiger partial charge in [-0.25, -0.2) is 0 Å². The minimum Gasteiger partial charge on any atom is -0.456 e. The predicted octanol–water partition coefficient (Wildman–Crippen LogP) is 12.8. The third-order valence-electron chi connectivity index (χ3n) is 10.3. The predicted molar refractivity (Wildman–Crippen MR) is 212 cm³/mol. The molecule has 0 saturated heterocycles. The fourth-order valence-electron chi connectivity index (χ4n) is 7.99. The van der Waals surface area contributed by atoms with Crippen molar-refractivity contribution in [1.29, 1.82) is 0 Å². The smallest absolute Gasteiger partial charge is 0.135 e. The molecule has 3 heteroatoms. The Balaban J connectivity index is 1.29. The molecule has 50 heavy (non-hydrogen) atoms. The first-order valence-corrected chi connectivity index (χ1v) is 17.1. The molecule has 0 bridgehead atoms. The second kappa shape index (κ2) is 11.0. The molecule has 0 aliphatic heterocycles. The fourth-order valence-corrected chi connectivity index (χ4v) is 7.99. The molecule has 0 amide bonds. The number of rotatable bonds is 5. The van der Waals surface area contributed by atoms with Crippen molar-refractivity contribution in [2.24, 2.45) is 0 Å². The van der Waals surface area contributed by atoms with Crippen LogP contribution in [0.5, 0.6) is 0 Å². The number of aromatic nitrogens is 2. The number of allylic oxidation sites excluding steroid dienone is 2. The normalized spacial score (nSPS) is 12.3. The average Bonchev–Trinajstić information content (AvgIpc) is 3.81. The summed E-state index contributed by atoms with van der Waals surface area (Å²) in [4.78, 5) is 0. The zero-order valence-electron chi connectivity index (χ0n) is 27.6. The van der Waals surface area contributed by atoms with Crippen LogP contribution in [0.25, 0.3) is 88.4 Å². The lowest BCUT2D eigenvalue weighted by Gasteiger charge is -2.12. The van der Waals surface area contributed by atoms with E-state index in [1.54, 1.807) is 0 Å². The summed E-state index contributed by atoms with van der Waals surface area (Å²) in [6.07, 6.45) is 4.04. The highest BCUT2D eigenvalue weighted by Crippen LogP contribution is 2.44. The molecule has 0 spiro atoms. The van der Waals surface area contributed by atoms with Crippen molar-refractivity contribution in [3.63, 3.8) is 0 Å². The minimum atomic E-state index is 0.853. The summed E-state index contributed by atoms with van der Waals surface area (Å²) in [6, 6.07) is 54.4. The quantitative estimate of drug-likeness (QED) is 0.172. The highest BCUT2D eigenvalue weighted by atomic mass is 16.3. The van der Waals surface area contributed by atoms with Crippen LogP contribution in [0.15, 0.2) is 169 Å². The van der Waals surface area contributed by atoms with Gasteiger partial charge in [-0.3, -0.25) is 0 Å². The van der Waals surface area contributed by atoms with Crippen LogP contribution in [0, 0.1) is 6.92 Å². The third kappa shape index (κ3) is 4.10. The van der Waals surface area contributed by atoms with Crippen LogP contribution in [-0.2, 0) is 0 Å². The molecule has 0 saturated carbocycles. The largest absolute Gasteiger partial charge is 0.456 e. The van der Waals surface area contributed by atoms with E-state index >= 15 is 0 Å². The average molecular weight is 641 g/mol. The van der Waals surface area contributed by atoms with Crippen LogP contribution in [0.3, 0.4) is 0 Å². The van der Waals surface area contributed by atoms with Gasteiger partial charge in [-0.15, -0.1) is 0 Å². The number of fused-ring (bicyclic) bond motifs is 10. The van der Waals surface area contributed by atoms with E-state index in [1.165, 1.54) is 54.4 Å². The number of para-hydroxylation sites is 3. The van der Waals surface area contributed by atoms with Crippen molar-refractivity contribution in [2.75, 3.05) is 0 Å². The summed E-state index contributed by atoms with van der Waals surface area (Å²) >= 11 is 0. The second-order valence-electron chi connectivity index (χ2n) is 13.0. The summed E-state index contributed by atoms with van der Waals surface area (Å²) in [5, 5.41) is 8.54. The Morgan fingerprint density at radius 3 is 2.10 bits per heavy atom. The monoisotopic (exact) mass is 640 g/mol. The van der Waals surface area contributed by atoms with Gasteiger partial charge in [0.15, 0.2) is 0 Å². The van der Waals surface area contributed by atoms with Crippen LogP contribution >= 0.6 is 0 Å². The number of benzene rings is 7. The Morgan fingerprint density at radius 1 is 0.560 bits per heavy atom. The van der Waals surface area contributed by atoms with Gasteiger partial charge in [0.2, 0.25) is 0 Å². The number of hydrogen-bond donors (Lipinski definition) is 0. The summed E-state index contributed by atoms with van der Waals surface area (Å²) in [5.41, 5.74) is 11.1. The second-order valence-corrected chi connectivity index (χ2v) is 13.0. The van der Waals surface area contributed by atoms with Gasteiger partial charge in [0.05, 0.1) is 22.1 Å². The van der Waals surface area contributed by atoms with Crippen molar-refractivity contribution < 1.29 is 4.42 Å². The molecular weight excluding hydrogens is 609 g/mol. The molecule has 10 aromatic rings. The van der Waals surface area contributed by atoms with Gasteiger partial charge in [0.1, 0.15) is 11.3 Å². The maximum atomic E-state index is 6.30. The van der Waals surface area contributed by atoms with Crippen molar-refractivity contribution in [3.05, 3.63) is 181 Å². The Kier molecular flexibility index (Phi) is 6.24. The Labute approximate surface area is 289 Å². The molecule has 0 unspecified atom stereocenters. The van der Waals surface area contributed by atoms with E-state index in [9.17, 15) is 0 Å². The van der Waals surface area contributed by atoms with Crippen molar-refractivity contribution >= 4 is 77.0 Å². The van der Waals surface area contributed by atoms with Crippen LogP contribution < -0.4 is 0 Å². The maximum Gasteiger partial charge on any atom is 0.135 e. The first-order chi connectivity index (χ1) is 24.7. The molecule has 3 aromatic heterocycles. The molecule has 0 aliphatic rings. The van der Waals surface area contributed by atoms with Gasteiger partial charge in [-0.1, -0.05) is 122 Å². The summed E-state index contributed by atoms with van der Waals surface area (Å²) < 4.78 is 11.2. The fraction of sp³-hybridized carbons (Fsp3) is 0.0213. The lowest BCUT2D eigenvalue weighted by atomic mass is 10.0. The molecule has 3 nitrogen and oxygen atoms in total. The van der Waals surface area contributed by atoms with Gasteiger partial charge >= 0.3 is 0 Å². The standard InChI is InChI=1S/C47H32N2O/c1-3-31(29-44-30(2)36-19-10-12-23-43(36)50-44)33-15-13-18-35(28-33)49-41-22-11-9-21-38(41)39-26-27-42-45(47(39)49)40-25-24-32-14-7-8-20-37(32)46(40)48(42)34-16-5-4-6-17-34/h3-29H,1H2,2H3/b31-29+. The van der Waals surface area contributed by atoms with Gasteiger partial charge in [-0.2, -0.15) is 0 Å². The van der Waals surface area contributed by atoms with E-state index in [-0.39, 0.29) is 0 Å². The molecule has 3 heterocycles. The van der Waals surface area contributed by atoms with E-state index < -0.39 is 0 Å². The lowest BCUT2D eigenvalue weighted by Crippen LogP contribution is -1.96. The summed E-state index contributed by atoms with van der Waals surface area (Å²) in [7, 11) is 0. The third-order valence-corrected chi connectivity index (χ3v) is 10.3. The van der Waals surface area contributed by atoms with Crippen molar-refractivity contribution in [2.45, 2.75) is 6.92 Å². The SMILES string of the molecule is C=C/C(=C\c1oc2ccccc2c1C)c1cccc(-n2c3ccccc3c3ccc4c(c5ccc6ccccc6c5n4-c4ccccc4)c32)c1. The van der Waals surface area contributed by atoms with Crippen molar-refractivity contribution in [3.8, 4) is 11.4 Å². The number of aryl methyl sites for hydroxylation is 1. The molecule has 0 N–H and O–H groups in total. The molecule has 0 radical (unpaired) electrons. The highest BCUT2D eigenvalue weighted by molar-refractivity contribution is 6.29. The number of furan rings is 1. The number of hydrogen-bond acceptors (Lipinski definition) is 1. The van der Waals surface area contributed by atoms with E-state index in [0.717, 1.165) is 44.8 Å². The minimum absolute atomic E-state index is 0.853. The van der Waals surface area contributed by atoms with Gasteiger partial charge in [0.25, 0.3) is 0 Å². The Morgan fingerprint density at radius 2 is 1.26 bits per heavy atom. The first-order valence-electron chi connectivity index (χ1n) is 17.1. The molecule has 10 rings (SSSR count). The first kappa shape index (κ1) is 28.4.